The summed E-state index contributed by atoms with van der Waals surface area (Å²) in [5, 5.41) is 77.0. The number of nitrogens with two attached hydrogens (primary N) is 1. The maximum Gasteiger partial charge on any atom is 0.243 e. The first-order valence-electron chi connectivity index (χ1n) is 26.1. The first-order chi connectivity index (χ1) is 34.9. The number of phenols is 1. The van der Waals surface area contributed by atoms with Crippen LogP contribution < -0.4 is 16.4 Å². The van der Waals surface area contributed by atoms with E-state index in [1.54, 1.807) is 18.2 Å². The second-order valence-corrected chi connectivity index (χ2v) is 21.6. The van der Waals surface area contributed by atoms with Crippen molar-refractivity contribution < 1.29 is 45.0 Å². The van der Waals surface area contributed by atoms with Crippen LogP contribution in [0.1, 0.15) is 118 Å². The number of aliphatic hydroxyl groups excluding tert-OH is 4. The molecule has 3 aromatic carbocycles. The standard InChI is InChI=1S/C61H75N3O9/c1-37-10-5-6-29-73-36-44(15-7-11-38(2)52(67)24-17-37)49-26-28-61(57(49)70)51-23-22-47(66)33-42-13-8-12-41(30-42)32-45(31-40-18-20-46(65)21-19-40)54(69)35-63-56-55-43(14-9-16-50(55)58(62)64-59(56)71)34-53(68)39(3)48(51)25-27-60(61,4)72/h7-9,11-21,30,45,47,49,51-52,54,56-58,63,65-67,69-70,72H,2,10,22-29,31-36,62H2,1,3-4H3,(H,64,71)/b11-7+,37-17+,44-15-,48-39+/t45-,47-,49+,51+,52-,54+,56+,57+,58+,60+,61+/m0/s1. The van der Waals surface area contributed by atoms with Gasteiger partial charge in [-0.1, -0.05) is 108 Å². The van der Waals surface area contributed by atoms with Crippen molar-refractivity contribution in [2.45, 2.75) is 140 Å². The minimum Gasteiger partial charge on any atom is -0.508 e. The summed E-state index contributed by atoms with van der Waals surface area (Å²) in [7, 11) is 0. The molecule has 11 atom stereocenters. The predicted octanol–water partition coefficient (Wildman–Crippen LogP) is 6.78. The number of phenolic OH excluding ortho intramolecular Hbond substituents is 1. The predicted molar refractivity (Wildman–Crippen MR) is 283 cm³/mol. The van der Waals surface area contributed by atoms with Gasteiger partial charge in [-0.2, -0.15) is 0 Å². The summed E-state index contributed by atoms with van der Waals surface area (Å²) < 4.78 is 6.16. The number of amides is 1. The number of aliphatic hydroxyl groups is 5. The van der Waals surface area contributed by atoms with Gasteiger partial charge in [0.2, 0.25) is 5.91 Å². The smallest absolute Gasteiger partial charge is 0.243 e. The molecule has 12 heteroatoms. The van der Waals surface area contributed by atoms with Crippen molar-refractivity contribution in [3.8, 4) is 17.6 Å². The van der Waals surface area contributed by atoms with Crippen LogP contribution in [0.15, 0.2) is 125 Å². The molecule has 3 aliphatic heterocycles. The third kappa shape index (κ3) is 12.1. The van der Waals surface area contributed by atoms with Gasteiger partial charge in [-0.05, 0) is 159 Å². The normalized spacial score (nSPS) is 35.0. The fourth-order valence-corrected chi connectivity index (χ4v) is 12.6. The van der Waals surface area contributed by atoms with E-state index in [1.807, 2.05) is 87.5 Å². The molecule has 0 unspecified atom stereocenters. The van der Waals surface area contributed by atoms with E-state index in [-0.39, 0.29) is 49.5 Å². The van der Waals surface area contributed by atoms with Crippen molar-refractivity contribution in [1.82, 2.24) is 10.6 Å². The van der Waals surface area contributed by atoms with E-state index >= 15 is 4.79 Å². The van der Waals surface area contributed by atoms with Crippen molar-refractivity contribution in [3.05, 3.63) is 159 Å². The number of ketones is 1. The van der Waals surface area contributed by atoms with Crippen molar-refractivity contribution in [2.75, 3.05) is 19.8 Å². The summed E-state index contributed by atoms with van der Waals surface area (Å²) in [6.45, 7) is 10.2. The summed E-state index contributed by atoms with van der Waals surface area (Å²) in [5.41, 5.74) is 12.6. The molecule has 12 nitrogen and oxygen atoms in total. The Bertz CT molecular complexity index is 2710. The Morgan fingerprint density at radius 1 is 0.932 bits per heavy atom. The van der Waals surface area contributed by atoms with E-state index in [9.17, 15) is 35.4 Å². The molecule has 5 aliphatic rings. The molecule has 388 valence electrons. The average Bonchev–Trinajstić information content (AvgIpc) is 3.70. The van der Waals surface area contributed by atoms with Gasteiger partial charge in [0, 0.05) is 30.7 Å². The number of rotatable bonds is 3. The second-order valence-electron chi connectivity index (χ2n) is 21.6. The number of hydrogen-bond acceptors (Lipinski definition) is 11. The number of Topliss-reactive ketones (excluding diaryl/α,β-unsaturated/α-hetero) is 1. The Kier molecular flexibility index (Phi) is 17.2. The van der Waals surface area contributed by atoms with Crippen LogP contribution in [-0.2, 0) is 40.0 Å². The zero-order valence-corrected chi connectivity index (χ0v) is 42.7. The summed E-state index contributed by atoms with van der Waals surface area (Å²) >= 11 is 0. The highest BCUT2D eigenvalue weighted by Crippen LogP contribution is 2.63. The van der Waals surface area contributed by atoms with Gasteiger partial charge in [0.25, 0.3) is 0 Å². The molecule has 0 aromatic heterocycles. The first kappa shape index (κ1) is 53.8. The quantitative estimate of drug-likeness (QED) is 0.0986. The summed E-state index contributed by atoms with van der Waals surface area (Å²) in [4.78, 5) is 29.0. The van der Waals surface area contributed by atoms with Crippen LogP contribution in [0.4, 0.5) is 0 Å². The molecule has 0 radical (unpaired) electrons. The Balaban J connectivity index is 1.18. The van der Waals surface area contributed by atoms with Crippen LogP contribution in [0.5, 0.6) is 5.75 Å². The van der Waals surface area contributed by atoms with Crippen LogP contribution in [-0.4, -0.2) is 92.1 Å². The number of hydrogen-bond donors (Lipinski definition) is 9. The number of β-amino-alcohol motifs (C(OH)–C–C–N with tert-alkyl or cyclic N) is 1. The van der Waals surface area contributed by atoms with E-state index in [0.717, 1.165) is 33.4 Å². The number of ether oxygens (including phenoxy) is 1. The highest BCUT2D eigenvalue weighted by molar-refractivity contribution is 5.98. The number of allylic oxidation sites excluding steroid dienone is 5. The lowest BCUT2D eigenvalue weighted by Crippen LogP contribution is -2.59. The molecule has 2 saturated carbocycles. The number of benzene rings is 3. The van der Waals surface area contributed by atoms with Gasteiger partial charge >= 0.3 is 0 Å². The van der Waals surface area contributed by atoms with Gasteiger partial charge in [-0.25, -0.2) is 0 Å². The molecular weight excluding hydrogens is 919 g/mol. The van der Waals surface area contributed by atoms with Gasteiger partial charge < -0.3 is 46.4 Å². The number of aromatic hydroxyl groups is 1. The lowest BCUT2D eigenvalue weighted by atomic mass is 9.52. The van der Waals surface area contributed by atoms with E-state index < -0.39 is 59.5 Å². The Morgan fingerprint density at radius 3 is 2.47 bits per heavy atom. The molecule has 2 aliphatic carbocycles. The molecular formula is C61H75N3O9. The molecule has 0 saturated heterocycles. The van der Waals surface area contributed by atoms with Crippen LogP contribution in [0, 0.1) is 35.0 Å². The Hall–Kier alpha value is -5.46. The topological polar surface area (TPSA) is 215 Å². The average molecular weight is 994 g/mol. The highest BCUT2D eigenvalue weighted by Gasteiger charge is 2.64. The molecule has 1 spiro atoms. The Morgan fingerprint density at radius 2 is 1.68 bits per heavy atom. The van der Waals surface area contributed by atoms with E-state index in [2.05, 4.69) is 35.1 Å². The summed E-state index contributed by atoms with van der Waals surface area (Å²) in [6.07, 6.45) is 7.74. The van der Waals surface area contributed by atoms with Gasteiger partial charge in [0.1, 0.15) is 24.6 Å². The number of carbonyl (C=O) groups is 2. The third-order valence-electron chi connectivity index (χ3n) is 16.8. The highest BCUT2D eigenvalue weighted by atomic mass is 16.5. The molecule has 73 heavy (non-hydrogen) atoms. The minimum absolute atomic E-state index is 0.0453. The van der Waals surface area contributed by atoms with Gasteiger partial charge in [0.05, 0.1) is 36.6 Å². The van der Waals surface area contributed by atoms with Crippen molar-refractivity contribution >= 4 is 11.7 Å². The Labute approximate surface area is 430 Å². The fourth-order valence-electron chi connectivity index (χ4n) is 12.6. The van der Waals surface area contributed by atoms with Gasteiger partial charge in [-0.15, -0.1) is 0 Å². The number of carbonyl (C=O) groups excluding carboxylic acids is 2. The maximum atomic E-state index is 15.0. The molecule has 2 fully saturated rings. The molecule has 2 bridgehead atoms. The minimum atomic E-state index is -1.36. The first-order valence-corrected chi connectivity index (χ1v) is 26.1. The van der Waals surface area contributed by atoms with E-state index in [4.69, 9.17) is 10.5 Å². The number of fused-ring (bicyclic) bond motifs is 4. The van der Waals surface area contributed by atoms with Crippen LogP contribution in [0.25, 0.3) is 0 Å². The van der Waals surface area contributed by atoms with Crippen LogP contribution in [0.2, 0.25) is 0 Å². The fraction of sp³-hybridized carbons (Fsp3) is 0.475. The lowest BCUT2D eigenvalue weighted by molar-refractivity contribution is -0.168. The zero-order chi connectivity index (χ0) is 52.0. The summed E-state index contributed by atoms with van der Waals surface area (Å²) in [6, 6.07) is 19.6. The van der Waals surface area contributed by atoms with E-state index in [1.165, 1.54) is 0 Å². The zero-order valence-electron chi connectivity index (χ0n) is 42.7. The van der Waals surface area contributed by atoms with Gasteiger partial charge in [-0.3, -0.25) is 14.9 Å². The van der Waals surface area contributed by atoms with Crippen LogP contribution in [0.3, 0.4) is 0 Å². The van der Waals surface area contributed by atoms with Gasteiger partial charge in [0.15, 0.2) is 5.78 Å². The monoisotopic (exact) mass is 994 g/mol. The number of nitrogens with one attached hydrogen (secondary N) is 2. The summed E-state index contributed by atoms with van der Waals surface area (Å²) in [5.74, 6) is 4.62. The van der Waals surface area contributed by atoms with E-state index in [0.29, 0.717) is 98.5 Å². The molecule has 10 N–H and O–H groups in total. The van der Waals surface area contributed by atoms with Crippen molar-refractivity contribution in [2.24, 2.45) is 28.9 Å². The molecule has 8 rings (SSSR count). The van der Waals surface area contributed by atoms with Crippen molar-refractivity contribution in [1.29, 1.82) is 0 Å². The van der Waals surface area contributed by atoms with Crippen LogP contribution >= 0.6 is 0 Å². The lowest BCUT2D eigenvalue weighted by Gasteiger charge is -2.56. The molecule has 3 heterocycles. The molecule has 1 amide bonds. The third-order valence-corrected chi connectivity index (χ3v) is 16.8. The van der Waals surface area contributed by atoms with Crippen molar-refractivity contribution in [3.63, 3.8) is 0 Å². The molecule has 3 aromatic rings. The SMILES string of the molecule is C=C1/C=C/C=C(\[C@H]2CC[C@@]3([C@@H]4CC[C@H](O)Cc5cccc(c5)C[C@H](Cc5ccc(O)cc5)[C@H](O)CN[C@H]5C(=O)N[C@@H](N)c6cccc(c65)CC(=O)/C(C)=C/4CC[C@@]3(C)O)[C@@H]2O)COCC#CC/C(C)=C/C[C@@H]1O. The second kappa shape index (κ2) is 23.4. The maximum absolute atomic E-state index is 15.0. The largest absolute Gasteiger partial charge is 0.508 e.